The van der Waals surface area contributed by atoms with Gasteiger partial charge in [0.1, 0.15) is 0 Å². The van der Waals surface area contributed by atoms with Gasteiger partial charge in [0.2, 0.25) is 0 Å². The molecule has 1 aliphatic rings. The Labute approximate surface area is 116 Å². The van der Waals surface area contributed by atoms with Crippen LogP contribution in [0.4, 0.5) is 0 Å². The van der Waals surface area contributed by atoms with Crippen LogP contribution in [-0.4, -0.2) is 31.1 Å². The molecule has 2 rings (SSSR count). The Kier molecular flexibility index (Phi) is 5.37. The van der Waals surface area contributed by atoms with Crippen LogP contribution in [0.15, 0.2) is 24.3 Å². The van der Waals surface area contributed by atoms with Gasteiger partial charge in [-0.1, -0.05) is 31.2 Å². The first kappa shape index (κ1) is 14.5. The summed E-state index contributed by atoms with van der Waals surface area (Å²) in [5.41, 5.74) is 8.53. The van der Waals surface area contributed by atoms with E-state index in [1.54, 1.807) is 7.11 Å². The van der Waals surface area contributed by atoms with E-state index in [2.05, 4.69) is 36.1 Å². The Hall–Kier alpha value is -0.900. The van der Waals surface area contributed by atoms with Crippen molar-refractivity contribution in [1.29, 1.82) is 0 Å². The molecule has 0 amide bonds. The predicted molar refractivity (Wildman–Crippen MR) is 78.8 cm³/mol. The molecule has 1 aromatic rings. The maximum Gasteiger partial charge on any atom is 0.0713 e. The van der Waals surface area contributed by atoms with Gasteiger partial charge in [-0.05, 0) is 36.4 Å². The third-order valence-corrected chi connectivity index (χ3v) is 4.06. The molecule has 2 unspecified atom stereocenters. The number of rotatable bonds is 5. The molecule has 3 nitrogen and oxygen atoms in total. The zero-order valence-electron chi connectivity index (χ0n) is 12.1. The van der Waals surface area contributed by atoms with E-state index in [9.17, 15) is 0 Å². The lowest BCUT2D eigenvalue weighted by Gasteiger charge is -2.38. The molecule has 2 N–H and O–H groups in total. The SMILES string of the molecule is COCc1cccc(CN2CCC(C)CC2CN)c1. The molecule has 3 heteroatoms. The quantitative estimate of drug-likeness (QED) is 0.885. The van der Waals surface area contributed by atoms with Crippen LogP contribution in [0.1, 0.15) is 30.9 Å². The van der Waals surface area contributed by atoms with E-state index < -0.39 is 0 Å². The number of likely N-dealkylation sites (tertiary alicyclic amines) is 1. The van der Waals surface area contributed by atoms with Crippen molar-refractivity contribution in [2.45, 2.75) is 39.0 Å². The van der Waals surface area contributed by atoms with E-state index >= 15 is 0 Å². The fourth-order valence-electron chi connectivity index (χ4n) is 2.97. The number of benzene rings is 1. The zero-order chi connectivity index (χ0) is 13.7. The minimum absolute atomic E-state index is 0.537. The van der Waals surface area contributed by atoms with Crippen molar-refractivity contribution in [2.75, 3.05) is 20.2 Å². The molecule has 19 heavy (non-hydrogen) atoms. The zero-order valence-corrected chi connectivity index (χ0v) is 12.1. The Morgan fingerprint density at radius 3 is 2.89 bits per heavy atom. The average Bonchev–Trinajstić information content (AvgIpc) is 2.41. The van der Waals surface area contributed by atoms with Crippen LogP contribution in [-0.2, 0) is 17.9 Å². The van der Waals surface area contributed by atoms with E-state index in [-0.39, 0.29) is 0 Å². The summed E-state index contributed by atoms with van der Waals surface area (Å²) >= 11 is 0. The molecule has 0 bridgehead atoms. The van der Waals surface area contributed by atoms with Gasteiger partial charge in [0.25, 0.3) is 0 Å². The fourth-order valence-corrected chi connectivity index (χ4v) is 2.97. The number of methoxy groups -OCH3 is 1. The molecule has 0 aliphatic carbocycles. The number of nitrogens with two attached hydrogens (primary N) is 1. The highest BCUT2D eigenvalue weighted by Crippen LogP contribution is 2.23. The number of hydrogen-bond donors (Lipinski definition) is 1. The van der Waals surface area contributed by atoms with Gasteiger partial charge in [-0.15, -0.1) is 0 Å². The number of ether oxygens (including phenoxy) is 1. The lowest BCUT2D eigenvalue weighted by atomic mass is 9.92. The Balaban J connectivity index is 2.01. The number of nitrogens with zero attached hydrogens (tertiary/aromatic N) is 1. The molecule has 1 aromatic carbocycles. The summed E-state index contributed by atoms with van der Waals surface area (Å²) in [6.07, 6.45) is 2.52. The van der Waals surface area contributed by atoms with Crippen molar-refractivity contribution in [1.82, 2.24) is 4.90 Å². The molecule has 1 aliphatic heterocycles. The highest BCUT2D eigenvalue weighted by atomic mass is 16.5. The molecule has 0 spiro atoms. The lowest BCUT2D eigenvalue weighted by molar-refractivity contribution is 0.115. The second-order valence-corrected chi connectivity index (χ2v) is 5.74. The van der Waals surface area contributed by atoms with Crippen LogP contribution >= 0.6 is 0 Å². The van der Waals surface area contributed by atoms with Crippen molar-refractivity contribution >= 4 is 0 Å². The molecule has 2 atom stereocenters. The van der Waals surface area contributed by atoms with Crippen molar-refractivity contribution in [3.05, 3.63) is 35.4 Å². The monoisotopic (exact) mass is 262 g/mol. The average molecular weight is 262 g/mol. The first-order valence-electron chi connectivity index (χ1n) is 7.23. The van der Waals surface area contributed by atoms with Crippen molar-refractivity contribution in [2.24, 2.45) is 11.7 Å². The van der Waals surface area contributed by atoms with Gasteiger partial charge in [-0.2, -0.15) is 0 Å². The van der Waals surface area contributed by atoms with Gasteiger partial charge in [0.15, 0.2) is 0 Å². The molecule has 1 saturated heterocycles. The molecule has 0 aromatic heterocycles. The Morgan fingerprint density at radius 2 is 2.16 bits per heavy atom. The first-order valence-corrected chi connectivity index (χ1v) is 7.23. The van der Waals surface area contributed by atoms with Gasteiger partial charge >= 0.3 is 0 Å². The van der Waals surface area contributed by atoms with E-state index in [0.29, 0.717) is 12.6 Å². The van der Waals surface area contributed by atoms with E-state index in [1.165, 1.54) is 24.0 Å². The topological polar surface area (TPSA) is 38.5 Å². The summed E-state index contributed by atoms with van der Waals surface area (Å²) in [6.45, 7) is 5.95. The van der Waals surface area contributed by atoms with Crippen LogP contribution < -0.4 is 5.73 Å². The summed E-state index contributed by atoms with van der Waals surface area (Å²) in [7, 11) is 1.74. The van der Waals surface area contributed by atoms with Crippen LogP contribution in [0.5, 0.6) is 0 Å². The number of hydrogen-bond acceptors (Lipinski definition) is 3. The third kappa shape index (κ3) is 4.03. The minimum atomic E-state index is 0.537. The molecular formula is C16H26N2O. The highest BCUT2D eigenvalue weighted by molar-refractivity contribution is 5.23. The highest BCUT2D eigenvalue weighted by Gasteiger charge is 2.25. The predicted octanol–water partition coefficient (Wildman–Crippen LogP) is 2.39. The van der Waals surface area contributed by atoms with Gasteiger partial charge < -0.3 is 10.5 Å². The van der Waals surface area contributed by atoms with Crippen molar-refractivity contribution in [3.63, 3.8) is 0 Å². The summed E-state index contributed by atoms with van der Waals surface area (Å²) in [5, 5.41) is 0. The van der Waals surface area contributed by atoms with Crippen molar-refractivity contribution < 1.29 is 4.74 Å². The largest absolute Gasteiger partial charge is 0.380 e. The maximum absolute atomic E-state index is 5.93. The second kappa shape index (κ2) is 7.04. The summed E-state index contributed by atoms with van der Waals surface area (Å²) in [5.74, 6) is 0.810. The summed E-state index contributed by atoms with van der Waals surface area (Å²) in [4.78, 5) is 2.53. The van der Waals surface area contributed by atoms with Gasteiger partial charge in [-0.3, -0.25) is 4.90 Å². The smallest absolute Gasteiger partial charge is 0.0713 e. The van der Waals surface area contributed by atoms with Crippen LogP contribution in [0.2, 0.25) is 0 Å². The standard InChI is InChI=1S/C16H26N2O/c1-13-6-7-18(16(8-13)10-17)11-14-4-3-5-15(9-14)12-19-2/h3-5,9,13,16H,6-8,10-12,17H2,1-2H3. The van der Waals surface area contributed by atoms with Crippen LogP contribution in [0.3, 0.4) is 0 Å². The minimum Gasteiger partial charge on any atom is -0.380 e. The van der Waals surface area contributed by atoms with E-state index in [4.69, 9.17) is 10.5 Å². The second-order valence-electron chi connectivity index (χ2n) is 5.74. The number of piperidine rings is 1. The maximum atomic E-state index is 5.93. The third-order valence-electron chi connectivity index (χ3n) is 4.06. The Morgan fingerprint density at radius 1 is 1.37 bits per heavy atom. The molecular weight excluding hydrogens is 236 g/mol. The molecule has 0 radical (unpaired) electrons. The lowest BCUT2D eigenvalue weighted by Crippen LogP contribution is -2.45. The van der Waals surface area contributed by atoms with Gasteiger partial charge in [0, 0.05) is 26.2 Å². The fraction of sp³-hybridized carbons (Fsp3) is 0.625. The van der Waals surface area contributed by atoms with Crippen LogP contribution in [0.25, 0.3) is 0 Å². The van der Waals surface area contributed by atoms with Crippen molar-refractivity contribution in [3.8, 4) is 0 Å². The molecule has 1 heterocycles. The summed E-state index contributed by atoms with van der Waals surface area (Å²) < 4.78 is 5.20. The summed E-state index contributed by atoms with van der Waals surface area (Å²) in [6, 6.07) is 9.22. The molecule has 1 fully saturated rings. The van der Waals surface area contributed by atoms with Crippen LogP contribution in [0, 0.1) is 5.92 Å². The molecule has 0 saturated carbocycles. The van der Waals surface area contributed by atoms with E-state index in [1.807, 2.05) is 0 Å². The molecule has 106 valence electrons. The normalized spacial score (nSPS) is 24.6. The van der Waals surface area contributed by atoms with E-state index in [0.717, 1.165) is 25.6 Å². The van der Waals surface area contributed by atoms with Gasteiger partial charge in [-0.25, -0.2) is 0 Å². The Bertz CT molecular complexity index is 394. The van der Waals surface area contributed by atoms with Gasteiger partial charge in [0.05, 0.1) is 6.61 Å². The first-order chi connectivity index (χ1) is 9.22.